The fourth-order valence-corrected chi connectivity index (χ4v) is 3.37. The van der Waals surface area contributed by atoms with Crippen LogP contribution in [-0.4, -0.2) is 28.9 Å². The molecule has 0 aromatic carbocycles. The van der Waals surface area contributed by atoms with Crippen molar-refractivity contribution in [2.24, 2.45) is 11.3 Å². The molecule has 29 heavy (non-hydrogen) atoms. The molecule has 0 saturated carbocycles. The highest BCUT2D eigenvalue weighted by atomic mass is 35.5. The molecule has 1 aromatic rings. The Morgan fingerprint density at radius 3 is 2.24 bits per heavy atom. The lowest BCUT2D eigenvalue weighted by atomic mass is 9.80. The van der Waals surface area contributed by atoms with Crippen LogP contribution in [0.5, 0.6) is 0 Å². The SMILES string of the molecule is CC(C)(C)C.CCC(C)C(=O)N1CCC(CC)(c2cc(C(F)(F)F)cc(Cl)n2)C1. The van der Waals surface area contributed by atoms with Crippen molar-refractivity contribution in [2.75, 3.05) is 13.1 Å². The second kappa shape index (κ2) is 9.67. The lowest BCUT2D eigenvalue weighted by Gasteiger charge is -2.29. The Morgan fingerprint density at radius 1 is 1.24 bits per heavy atom. The standard InChI is InChI=1S/C17H22ClF3N2O.C5H12/c1-4-11(3)15(24)23-7-6-16(5-2,10-23)13-8-12(17(19,20)21)9-14(18)22-13;1-5(2,3)4/h8-9,11H,4-7,10H2,1-3H3;1-4H3. The van der Waals surface area contributed by atoms with Gasteiger partial charge in [0.2, 0.25) is 5.91 Å². The summed E-state index contributed by atoms with van der Waals surface area (Å²) in [5, 5.41) is -0.167. The molecule has 7 heteroatoms. The van der Waals surface area contributed by atoms with E-state index in [4.69, 9.17) is 11.6 Å². The summed E-state index contributed by atoms with van der Waals surface area (Å²) in [4.78, 5) is 18.3. The number of alkyl halides is 3. The zero-order valence-electron chi connectivity index (χ0n) is 18.6. The van der Waals surface area contributed by atoms with Gasteiger partial charge >= 0.3 is 6.18 Å². The summed E-state index contributed by atoms with van der Waals surface area (Å²) in [6.45, 7) is 15.4. The monoisotopic (exact) mass is 434 g/mol. The number of halogens is 4. The first-order valence-electron chi connectivity index (χ1n) is 10.2. The Bertz CT molecular complexity index is 694. The van der Waals surface area contributed by atoms with Crippen LogP contribution in [0.3, 0.4) is 0 Å². The number of amides is 1. The van der Waals surface area contributed by atoms with Crippen molar-refractivity contribution >= 4 is 17.5 Å². The number of hydrogen-bond acceptors (Lipinski definition) is 2. The van der Waals surface area contributed by atoms with Crippen molar-refractivity contribution in [3.63, 3.8) is 0 Å². The van der Waals surface area contributed by atoms with Crippen LogP contribution in [0, 0.1) is 11.3 Å². The van der Waals surface area contributed by atoms with E-state index in [-0.39, 0.29) is 17.0 Å². The van der Waals surface area contributed by atoms with Gasteiger partial charge in [-0.1, -0.05) is 60.1 Å². The first kappa shape index (κ1) is 25.7. The molecule has 0 aliphatic carbocycles. The van der Waals surface area contributed by atoms with Crippen LogP contribution in [0.4, 0.5) is 13.2 Å². The van der Waals surface area contributed by atoms with Crippen molar-refractivity contribution in [3.8, 4) is 0 Å². The number of hydrogen-bond donors (Lipinski definition) is 0. The van der Waals surface area contributed by atoms with E-state index in [2.05, 4.69) is 32.7 Å². The van der Waals surface area contributed by atoms with Gasteiger partial charge in [-0.25, -0.2) is 4.98 Å². The Morgan fingerprint density at radius 2 is 1.79 bits per heavy atom. The molecular weight excluding hydrogens is 401 g/mol. The molecule has 2 rings (SSSR count). The highest BCUT2D eigenvalue weighted by Gasteiger charge is 2.43. The molecule has 1 saturated heterocycles. The summed E-state index contributed by atoms with van der Waals surface area (Å²) < 4.78 is 39.2. The first-order valence-corrected chi connectivity index (χ1v) is 10.5. The van der Waals surface area contributed by atoms with Gasteiger partial charge in [0, 0.05) is 24.4 Å². The molecule has 0 radical (unpaired) electrons. The zero-order valence-corrected chi connectivity index (χ0v) is 19.3. The van der Waals surface area contributed by atoms with Crippen molar-refractivity contribution < 1.29 is 18.0 Å². The molecule has 166 valence electrons. The summed E-state index contributed by atoms with van der Waals surface area (Å²) in [5.41, 5.74) is -0.546. The van der Waals surface area contributed by atoms with E-state index in [1.165, 1.54) is 0 Å². The Hall–Kier alpha value is -1.30. The topological polar surface area (TPSA) is 33.2 Å². The van der Waals surface area contributed by atoms with Gasteiger partial charge in [-0.3, -0.25) is 4.79 Å². The number of aromatic nitrogens is 1. The summed E-state index contributed by atoms with van der Waals surface area (Å²) >= 11 is 5.83. The van der Waals surface area contributed by atoms with Gasteiger partial charge in [0.1, 0.15) is 5.15 Å². The van der Waals surface area contributed by atoms with E-state index >= 15 is 0 Å². The number of carbonyl (C=O) groups is 1. The lowest BCUT2D eigenvalue weighted by Crippen LogP contribution is -2.37. The quantitative estimate of drug-likeness (QED) is 0.492. The summed E-state index contributed by atoms with van der Waals surface area (Å²) in [7, 11) is 0. The first-order chi connectivity index (χ1) is 13.1. The lowest BCUT2D eigenvalue weighted by molar-refractivity contribution is -0.138. The average molecular weight is 435 g/mol. The number of carbonyl (C=O) groups excluding carboxylic acids is 1. The van der Waals surface area contributed by atoms with Gasteiger partial charge < -0.3 is 4.90 Å². The molecule has 1 fully saturated rings. The number of pyridine rings is 1. The number of likely N-dealkylation sites (tertiary alicyclic amines) is 1. The fraction of sp³-hybridized carbons (Fsp3) is 0.727. The molecule has 2 unspecified atom stereocenters. The minimum absolute atomic E-state index is 0.0471. The highest BCUT2D eigenvalue weighted by Crippen LogP contribution is 2.40. The van der Waals surface area contributed by atoms with E-state index in [9.17, 15) is 18.0 Å². The molecular formula is C22H34ClF3N2O. The smallest absolute Gasteiger partial charge is 0.341 e. The normalized spacial score (nSPS) is 20.9. The molecule has 0 bridgehead atoms. The van der Waals surface area contributed by atoms with Gasteiger partial charge in [0.25, 0.3) is 0 Å². The van der Waals surface area contributed by atoms with Crippen LogP contribution in [0.1, 0.15) is 79.0 Å². The summed E-state index contributed by atoms with van der Waals surface area (Å²) in [6.07, 6.45) is -2.54. The van der Waals surface area contributed by atoms with E-state index in [0.717, 1.165) is 18.6 Å². The predicted molar refractivity (Wildman–Crippen MR) is 112 cm³/mol. The third-order valence-corrected chi connectivity index (χ3v) is 5.23. The molecule has 0 spiro atoms. The molecule has 2 heterocycles. The van der Waals surface area contributed by atoms with E-state index in [0.29, 0.717) is 37.0 Å². The summed E-state index contributed by atoms with van der Waals surface area (Å²) in [6, 6.07) is 1.91. The van der Waals surface area contributed by atoms with Crippen LogP contribution in [0.15, 0.2) is 12.1 Å². The minimum atomic E-state index is -4.47. The number of nitrogens with zero attached hydrogens (tertiary/aromatic N) is 2. The molecule has 1 amide bonds. The molecule has 3 nitrogen and oxygen atoms in total. The Labute approximate surface area is 178 Å². The van der Waals surface area contributed by atoms with Crippen molar-refractivity contribution in [1.29, 1.82) is 0 Å². The fourth-order valence-electron chi connectivity index (χ4n) is 3.16. The minimum Gasteiger partial charge on any atom is -0.341 e. The van der Waals surface area contributed by atoms with Crippen LogP contribution in [0.2, 0.25) is 5.15 Å². The van der Waals surface area contributed by atoms with Gasteiger partial charge in [-0.05, 0) is 36.8 Å². The average Bonchev–Trinajstić information content (AvgIpc) is 3.03. The maximum absolute atomic E-state index is 13.1. The van der Waals surface area contributed by atoms with Gasteiger partial charge in [0.05, 0.1) is 11.3 Å². The number of rotatable bonds is 4. The molecule has 1 aliphatic heterocycles. The van der Waals surface area contributed by atoms with Gasteiger partial charge in [0.15, 0.2) is 0 Å². The highest BCUT2D eigenvalue weighted by molar-refractivity contribution is 6.29. The maximum atomic E-state index is 13.1. The molecule has 1 aliphatic rings. The molecule has 1 aromatic heterocycles. The van der Waals surface area contributed by atoms with Gasteiger partial charge in [-0.15, -0.1) is 0 Å². The molecule has 2 atom stereocenters. The van der Waals surface area contributed by atoms with Gasteiger partial charge in [-0.2, -0.15) is 13.2 Å². The van der Waals surface area contributed by atoms with E-state index in [1.54, 1.807) is 4.90 Å². The van der Waals surface area contributed by atoms with Crippen LogP contribution in [0.25, 0.3) is 0 Å². The zero-order chi connectivity index (χ0) is 22.6. The maximum Gasteiger partial charge on any atom is 0.416 e. The second-order valence-electron chi connectivity index (χ2n) is 9.51. The Balaban J connectivity index is 0.000000749. The van der Waals surface area contributed by atoms with Crippen molar-refractivity contribution in [1.82, 2.24) is 9.88 Å². The predicted octanol–water partition coefficient (Wildman–Crippen LogP) is 6.73. The third-order valence-electron chi connectivity index (χ3n) is 5.04. The van der Waals surface area contributed by atoms with Crippen LogP contribution >= 0.6 is 11.6 Å². The van der Waals surface area contributed by atoms with E-state index in [1.807, 2.05) is 20.8 Å². The van der Waals surface area contributed by atoms with E-state index < -0.39 is 17.2 Å². The Kier molecular flexibility index (Phi) is 8.58. The van der Waals surface area contributed by atoms with Crippen LogP contribution < -0.4 is 0 Å². The van der Waals surface area contributed by atoms with Crippen molar-refractivity contribution in [2.45, 2.75) is 79.3 Å². The second-order valence-corrected chi connectivity index (χ2v) is 9.90. The third kappa shape index (κ3) is 7.47. The largest absolute Gasteiger partial charge is 0.416 e. The summed E-state index contributed by atoms with van der Waals surface area (Å²) in [5.74, 6) is -0.0402. The molecule has 0 N–H and O–H groups in total. The van der Waals surface area contributed by atoms with Crippen molar-refractivity contribution in [3.05, 3.63) is 28.5 Å². The van der Waals surface area contributed by atoms with Crippen LogP contribution in [-0.2, 0) is 16.4 Å².